The Kier molecular flexibility index (Phi) is 7.09. The van der Waals surface area contributed by atoms with Crippen molar-refractivity contribution in [3.63, 3.8) is 0 Å². The predicted octanol–water partition coefficient (Wildman–Crippen LogP) is 4.03. The Morgan fingerprint density at radius 1 is 1.29 bits per heavy atom. The maximum absolute atomic E-state index is 11.5. The fourth-order valence-corrected chi connectivity index (χ4v) is 2.62. The Morgan fingerprint density at radius 3 is 2.38 bits per heavy atom. The molecule has 0 saturated carbocycles. The number of carbonyl (C=O) groups excluding carboxylic acids is 1. The molecule has 0 amide bonds. The van der Waals surface area contributed by atoms with E-state index in [1.807, 2.05) is 61.5 Å². The van der Waals surface area contributed by atoms with E-state index >= 15 is 0 Å². The van der Waals surface area contributed by atoms with Crippen LogP contribution in [0.25, 0.3) is 10.4 Å². The van der Waals surface area contributed by atoms with E-state index in [1.54, 1.807) is 0 Å². The molecule has 0 N–H and O–H groups in total. The summed E-state index contributed by atoms with van der Waals surface area (Å²) >= 11 is 1.50. The van der Waals surface area contributed by atoms with E-state index in [0.717, 1.165) is 15.4 Å². The second kappa shape index (κ2) is 8.57. The topological polar surface area (TPSA) is 39.2 Å². The molecule has 1 aromatic heterocycles. The maximum atomic E-state index is 11.5. The monoisotopic (exact) mass is 341 g/mol. The number of methoxy groups -OCH3 is 1. The molecule has 3 rings (SSSR count). The molecule has 0 unspecified atom stereocenters. The van der Waals surface area contributed by atoms with Crippen molar-refractivity contribution in [1.82, 2.24) is 4.98 Å². The fourth-order valence-electron chi connectivity index (χ4n) is 1.70. The average molecular weight is 341 g/mol. The summed E-state index contributed by atoms with van der Waals surface area (Å²) < 4.78 is 4.69. The molecule has 2 aromatic carbocycles. The Balaban J connectivity index is 0.000000313. The maximum Gasteiger partial charge on any atom is 0.206 e. The van der Waals surface area contributed by atoms with Gasteiger partial charge in [0.1, 0.15) is 0 Å². The molecule has 0 aliphatic rings. The van der Waals surface area contributed by atoms with Gasteiger partial charge in [-0.2, -0.15) is 23.9 Å². The quantitative estimate of drug-likeness (QED) is 0.401. The Labute approximate surface area is 138 Å². The van der Waals surface area contributed by atoms with Crippen LogP contribution in [0.5, 0.6) is 0 Å². The first-order valence-electron chi connectivity index (χ1n) is 6.17. The van der Waals surface area contributed by atoms with Crippen molar-refractivity contribution in [3.05, 3.63) is 65.3 Å². The van der Waals surface area contributed by atoms with Gasteiger partial charge in [-0.1, -0.05) is 0 Å². The van der Waals surface area contributed by atoms with Crippen LogP contribution in [0.2, 0.25) is 0 Å². The van der Waals surface area contributed by atoms with Gasteiger partial charge in [0.05, 0.1) is 7.11 Å². The van der Waals surface area contributed by atoms with Crippen LogP contribution in [-0.4, -0.2) is 18.1 Å². The molecular weight excluding hydrogens is 326 g/mol. The van der Waals surface area contributed by atoms with Gasteiger partial charge in [-0.05, 0) is 6.92 Å². The summed E-state index contributed by atoms with van der Waals surface area (Å²) in [7, 11) is 1.37. The summed E-state index contributed by atoms with van der Waals surface area (Å²) in [5.74, 6) is -0.379. The minimum Gasteiger partial charge on any atom is -0.669 e. The van der Waals surface area contributed by atoms with Gasteiger partial charge in [-0.25, -0.2) is 12.1 Å². The summed E-state index contributed by atoms with van der Waals surface area (Å²) in [6.45, 7) is 1.88. The molecule has 116 valence electrons. The number of aromatic nitrogens is 1. The molecule has 0 spiro atoms. The first kappa shape index (κ1) is 17.4. The summed E-state index contributed by atoms with van der Waals surface area (Å²) in [6.07, 6.45) is 0. The number of carbonyl (C=O) groups is 1. The minimum absolute atomic E-state index is 0. The summed E-state index contributed by atoms with van der Waals surface area (Å²) in [5, 5.41) is 0.867. The van der Waals surface area contributed by atoms with Crippen LogP contribution in [0.1, 0.15) is 15.5 Å². The summed E-state index contributed by atoms with van der Waals surface area (Å²) in [5.41, 5.74) is 1.42. The van der Waals surface area contributed by atoms with Crippen molar-refractivity contribution in [2.75, 3.05) is 7.11 Å². The smallest absolute Gasteiger partial charge is 0.206 e. The van der Waals surface area contributed by atoms with E-state index in [1.165, 1.54) is 18.4 Å². The number of hydrogen-bond donors (Lipinski definition) is 0. The van der Waals surface area contributed by atoms with Crippen LogP contribution in [0.15, 0.2) is 54.6 Å². The second-order valence-corrected chi connectivity index (χ2v) is 5.24. The van der Waals surface area contributed by atoms with E-state index in [-0.39, 0.29) is 23.0 Å². The number of ether oxygens (including phenoxy) is 1. The molecular formula is C16H15FeNO2S-6. The third-order valence-corrected chi connectivity index (χ3v) is 3.61. The largest absolute Gasteiger partial charge is 0.669 e. The van der Waals surface area contributed by atoms with E-state index in [9.17, 15) is 4.79 Å². The zero-order valence-corrected chi connectivity index (χ0v) is 13.6. The summed E-state index contributed by atoms with van der Waals surface area (Å²) in [4.78, 5) is 16.5. The molecule has 0 atom stereocenters. The van der Waals surface area contributed by atoms with Crippen molar-refractivity contribution >= 4 is 17.3 Å². The van der Waals surface area contributed by atoms with E-state index in [4.69, 9.17) is 4.74 Å². The second-order valence-electron chi connectivity index (χ2n) is 4.04. The molecule has 0 saturated heterocycles. The van der Waals surface area contributed by atoms with Crippen molar-refractivity contribution in [1.29, 1.82) is 0 Å². The molecule has 0 aliphatic heterocycles. The molecule has 0 radical (unpaired) electrons. The number of esters is 1. The van der Waals surface area contributed by atoms with Crippen LogP contribution in [0.4, 0.5) is 0 Å². The third-order valence-electron chi connectivity index (χ3n) is 2.59. The number of aryl methyl sites for hydroxylation is 1. The SMILES string of the molecule is COC(=O)c1nc(C)sc1-[c-]1[cH-][cH-][cH-][cH-]1.[Fe].c1cc[cH-]c1. The zero-order valence-electron chi connectivity index (χ0n) is 11.7. The standard InChI is InChI=1S/C11H10NO2S.C5H5.Fe/c1-7-12-9(11(13)14-2)10(15-7)8-5-3-4-6-8;1-2-4-5-3-1;/h3-6H,1-2H3;1-5H;/q-5;-1;. The van der Waals surface area contributed by atoms with E-state index in [0.29, 0.717) is 5.69 Å². The van der Waals surface area contributed by atoms with Crippen LogP contribution in [0.3, 0.4) is 0 Å². The van der Waals surface area contributed by atoms with Gasteiger partial charge >= 0.3 is 0 Å². The molecule has 3 aromatic rings. The van der Waals surface area contributed by atoms with Gasteiger partial charge < -0.3 is 55.8 Å². The van der Waals surface area contributed by atoms with Gasteiger partial charge in [-0.3, -0.25) is 4.79 Å². The average Bonchev–Trinajstić information content (AvgIpc) is 3.19. The van der Waals surface area contributed by atoms with Crippen molar-refractivity contribution in [2.45, 2.75) is 6.92 Å². The van der Waals surface area contributed by atoms with Crippen molar-refractivity contribution in [3.8, 4) is 10.4 Å². The first-order valence-corrected chi connectivity index (χ1v) is 6.98. The van der Waals surface area contributed by atoms with Crippen LogP contribution >= 0.6 is 11.3 Å². The number of nitrogens with zero attached hydrogens (tertiary/aromatic N) is 1. The van der Waals surface area contributed by atoms with Gasteiger partial charge in [-0.15, -0.1) is 0 Å². The Morgan fingerprint density at radius 2 is 1.90 bits per heavy atom. The summed E-state index contributed by atoms with van der Waals surface area (Å²) in [6, 6.07) is 17.8. The van der Waals surface area contributed by atoms with E-state index in [2.05, 4.69) is 4.98 Å². The molecule has 0 fully saturated rings. The fraction of sp³-hybridized carbons (Fsp3) is 0.125. The van der Waals surface area contributed by atoms with E-state index < -0.39 is 0 Å². The van der Waals surface area contributed by atoms with Gasteiger partial charge in [0, 0.05) is 22.1 Å². The number of rotatable bonds is 2. The van der Waals surface area contributed by atoms with Crippen LogP contribution < -0.4 is 0 Å². The molecule has 3 nitrogen and oxygen atoms in total. The van der Waals surface area contributed by atoms with Gasteiger partial charge in [0.25, 0.3) is 0 Å². The Bertz CT molecular complexity index is 625. The zero-order chi connectivity index (χ0) is 14.4. The minimum atomic E-state index is -0.379. The van der Waals surface area contributed by atoms with Crippen LogP contribution in [-0.2, 0) is 21.8 Å². The Hall–Kier alpha value is -1.68. The molecule has 0 aliphatic carbocycles. The molecule has 21 heavy (non-hydrogen) atoms. The van der Waals surface area contributed by atoms with Gasteiger partial charge in [0.15, 0.2) is 0 Å². The normalized spacial score (nSPS) is 9.24. The third kappa shape index (κ3) is 4.67. The van der Waals surface area contributed by atoms with Crippen molar-refractivity contribution < 1.29 is 26.6 Å². The van der Waals surface area contributed by atoms with Crippen molar-refractivity contribution in [2.24, 2.45) is 0 Å². The molecule has 0 bridgehead atoms. The molecule has 1 heterocycles. The first-order chi connectivity index (χ1) is 9.72. The predicted molar refractivity (Wildman–Crippen MR) is 81.3 cm³/mol. The number of thiazole rings is 1. The van der Waals surface area contributed by atoms with Crippen LogP contribution in [0, 0.1) is 6.92 Å². The van der Waals surface area contributed by atoms with Gasteiger partial charge in [0.2, 0.25) is 5.97 Å². The number of hydrogen-bond acceptors (Lipinski definition) is 4. The molecule has 5 heteroatoms.